The molecule has 0 fully saturated rings. The van der Waals surface area contributed by atoms with Gasteiger partial charge in [0.2, 0.25) is 5.91 Å². The van der Waals surface area contributed by atoms with Crippen LogP contribution in [0.4, 0.5) is 11.4 Å². The van der Waals surface area contributed by atoms with Crippen molar-refractivity contribution in [1.82, 2.24) is 4.98 Å². The Morgan fingerprint density at radius 3 is 2.42 bits per heavy atom. The molecule has 5 nitrogen and oxygen atoms in total. The van der Waals surface area contributed by atoms with E-state index in [9.17, 15) is 9.59 Å². The minimum absolute atomic E-state index is 0.0494. The molecule has 158 valence electrons. The zero-order chi connectivity index (χ0) is 22.1. The van der Waals surface area contributed by atoms with Gasteiger partial charge in [0.15, 0.2) is 0 Å². The van der Waals surface area contributed by atoms with Gasteiger partial charge in [0.25, 0.3) is 5.91 Å². The van der Waals surface area contributed by atoms with Crippen LogP contribution in [0.3, 0.4) is 0 Å². The van der Waals surface area contributed by atoms with E-state index in [2.05, 4.69) is 4.98 Å². The van der Waals surface area contributed by atoms with Crippen LogP contribution in [0, 0.1) is 0 Å². The van der Waals surface area contributed by atoms with E-state index in [1.165, 1.54) is 12.3 Å². The molecule has 1 aromatic heterocycles. The molecule has 2 aromatic carbocycles. The van der Waals surface area contributed by atoms with E-state index in [4.69, 9.17) is 23.2 Å². The second kappa shape index (κ2) is 8.69. The molecule has 1 aliphatic heterocycles. The summed E-state index contributed by atoms with van der Waals surface area (Å²) in [4.78, 5) is 33.7. The number of pyridine rings is 1. The average Bonchev–Trinajstić information content (AvgIpc) is 2.76. The lowest BCUT2D eigenvalue weighted by Gasteiger charge is -2.43. The minimum Gasteiger partial charge on any atom is -0.305 e. The van der Waals surface area contributed by atoms with E-state index in [0.717, 1.165) is 16.9 Å². The van der Waals surface area contributed by atoms with Crippen molar-refractivity contribution in [2.45, 2.75) is 32.4 Å². The third-order valence-electron chi connectivity index (χ3n) is 5.51. The molecule has 0 unspecified atom stereocenters. The number of fused-ring (bicyclic) bond motifs is 1. The molecule has 0 saturated carbocycles. The van der Waals surface area contributed by atoms with Crippen LogP contribution in [0.1, 0.15) is 42.2 Å². The molecular formula is C24H21Cl2N3O2. The van der Waals surface area contributed by atoms with E-state index >= 15 is 0 Å². The number of halogens is 2. The highest BCUT2D eigenvalue weighted by Crippen LogP contribution is 2.42. The highest BCUT2D eigenvalue weighted by molar-refractivity contribution is 6.41. The maximum atomic E-state index is 13.4. The van der Waals surface area contributed by atoms with Gasteiger partial charge in [0.1, 0.15) is 5.15 Å². The summed E-state index contributed by atoms with van der Waals surface area (Å²) in [6.45, 7) is 3.55. The molecule has 0 radical (unpaired) electrons. The molecule has 2 heterocycles. The van der Waals surface area contributed by atoms with Crippen molar-refractivity contribution < 1.29 is 9.59 Å². The molecule has 0 bridgehead atoms. The van der Waals surface area contributed by atoms with Crippen molar-refractivity contribution in [3.8, 4) is 0 Å². The van der Waals surface area contributed by atoms with E-state index in [1.54, 1.807) is 16.7 Å². The average molecular weight is 454 g/mol. The van der Waals surface area contributed by atoms with Crippen molar-refractivity contribution in [3.63, 3.8) is 0 Å². The number of aromatic nitrogens is 1. The Balaban J connectivity index is 1.78. The first-order valence-electron chi connectivity index (χ1n) is 9.97. The van der Waals surface area contributed by atoms with Crippen LogP contribution in [0.25, 0.3) is 0 Å². The third kappa shape index (κ3) is 4.03. The molecule has 0 N–H and O–H groups in total. The number of hydrogen-bond donors (Lipinski definition) is 0. The summed E-state index contributed by atoms with van der Waals surface area (Å²) >= 11 is 12.0. The second-order valence-corrected chi connectivity index (χ2v) is 8.32. The summed E-state index contributed by atoms with van der Waals surface area (Å²) in [6.07, 6.45) is 2.02. The summed E-state index contributed by atoms with van der Waals surface area (Å²) < 4.78 is 0. The van der Waals surface area contributed by atoms with Gasteiger partial charge in [-0.25, -0.2) is 4.98 Å². The largest absolute Gasteiger partial charge is 0.305 e. The lowest BCUT2D eigenvalue weighted by molar-refractivity contribution is -0.117. The van der Waals surface area contributed by atoms with E-state index in [0.29, 0.717) is 12.0 Å². The first kappa shape index (κ1) is 21.3. The number of carbonyl (C=O) groups is 2. The molecule has 0 aliphatic carbocycles. The Hall–Kier alpha value is -2.89. The van der Waals surface area contributed by atoms with Gasteiger partial charge in [-0.2, -0.15) is 0 Å². The fourth-order valence-corrected chi connectivity index (χ4v) is 4.45. The molecular weight excluding hydrogens is 433 g/mol. The Labute approximate surface area is 191 Å². The molecule has 2 atom stereocenters. The lowest BCUT2D eigenvalue weighted by atomic mass is 9.89. The number of para-hydroxylation sites is 2. The lowest BCUT2D eigenvalue weighted by Crippen LogP contribution is -2.47. The van der Waals surface area contributed by atoms with Crippen LogP contribution in [-0.4, -0.2) is 22.8 Å². The quantitative estimate of drug-likeness (QED) is 0.462. The summed E-state index contributed by atoms with van der Waals surface area (Å²) in [5, 5.41) is 0.389. The molecule has 7 heteroatoms. The van der Waals surface area contributed by atoms with Crippen LogP contribution in [0.2, 0.25) is 10.2 Å². The van der Waals surface area contributed by atoms with Crippen LogP contribution in [0.15, 0.2) is 66.9 Å². The normalized spacial score (nSPS) is 17.7. The van der Waals surface area contributed by atoms with Gasteiger partial charge in [0.05, 0.1) is 16.6 Å². The van der Waals surface area contributed by atoms with Crippen molar-refractivity contribution in [3.05, 3.63) is 88.2 Å². The van der Waals surface area contributed by atoms with Crippen molar-refractivity contribution in [2.75, 3.05) is 9.80 Å². The first-order valence-corrected chi connectivity index (χ1v) is 10.7. The predicted molar refractivity (Wildman–Crippen MR) is 124 cm³/mol. The van der Waals surface area contributed by atoms with Crippen LogP contribution in [-0.2, 0) is 4.79 Å². The number of amides is 2. The summed E-state index contributed by atoms with van der Waals surface area (Å²) in [7, 11) is 0. The number of rotatable bonds is 3. The Kier molecular flexibility index (Phi) is 5.99. The summed E-state index contributed by atoms with van der Waals surface area (Å²) in [5.74, 6) is -0.259. The number of carbonyl (C=O) groups excluding carboxylic acids is 2. The highest BCUT2D eigenvalue weighted by Gasteiger charge is 2.38. The number of nitrogens with zero attached hydrogens (tertiary/aromatic N) is 3. The van der Waals surface area contributed by atoms with Gasteiger partial charge in [-0.05, 0) is 43.2 Å². The Bertz CT molecular complexity index is 1140. The van der Waals surface area contributed by atoms with E-state index < -0.39 is 0 Å². The topological polar surface area (TPSA) is 53.5 Å². The van der Waals surface area contributed by atoms with Gasteiger partial charge in [0, 0.05) is 30.5 Å². The maximum Gasteiger partial charge on any atom is 0.260 e. The Morgan fingerprint density at radius 2 is 1.74 bits per heavy atom. The van der Waals surface area contributed by atoms with Gasteiger partial charge in [-0.1, -0.05) is 59.6 Å². The number of hydrogen-bond acceptors (Lipinski definition) is 3. The van der Waals surface area contributed by atoms with Crippen LogP contribution >= 0.6 is 23.2 Å². The zero-order valence-corrected chi connectivity index (χ0v) is 18.6. The van der Waals surface area contributed by atoms with Crippen molar-refractivity contribution in [1.29, 1.82) is 0 Å². The van der Waals surface area contributed by atoms with Crippen molar-refractivity contribution >= 4 is 46.4 Å². The molecule has 0 saturated heterocycles. The van der Waals surface area contributed by atoms with Gasteiger partial charge < -0.3 is 9.80 Å². The monoisotopic (exact) mass is 453 g/mol. The Morgan fingerprint density at radius 1 is 1.06 bits per heavy atom. The number of anilines is 2. The van der Waals surface area contributed by atoms with Crippen molar-refractivity contribution in [2.24, 2.45) is 0 Å². The standard InChI is InChI=1S/C24H21Cl2N3O2/c1-15-12-22(29(16(2)30)18-8-4-3-5-9-18)19-10-6-7-11-21(19)28(15)24(31)17-13-20(25)23(26)27-14-17/h3-11,13-15,22H,12H2,1-2H3/t15-,22+/m1/s1. The molecule has 3 aromatic rings. The minimum atomic E-state index is -0.210. The number of benzene rings is 2. The fourth-order valence-electron chi connectivity index (χ4n) is 4.18. The van der Waals surface area contributed by atoms with Gasteiger partial charge in [-0.3, -0.25) is 9.59 Å². The highest BCUT2D eigenvalue weighted by atomic mass is 35.5. The molecule has 2 amide bonds. The maximum absolute atomic E-state index is 13.4. The predicted octanol–water partition coefficient (Wildman–Crippen LogP) is 5.92. The second-order valence-electron chi connectivity index (χ2n) is 7.56. The fraction of sp³-hybridized carbons (Fsp3) is 0.208. The van der Waals surface area contributed by atoms with Gasteiger partial charge >= 0.3 is 0 Å². The smallest absolute Gasteiger partial charge is 0.260 e. The zero-order valence-electron chi connectivity index (χ0n) is 17.1. The van der Waals surface area contributed by atoms with Crippen LogP contribution < -0.4 is 9.80 Å². The SMILES string of the molecule is CC(=O)N(c1ccccc1)[C@H]1C[C@@H](C)N(C(=O)c2cnc(Cl)c(Cl)c2)c2ccccc21. The first-order chi connectivity index (χ1) is 14.9. The third-order valence-corrected chi connectivity index (χ3v) is 6.19. The molecule has 31 heavy (non-hydrogen) atoms. The van der Waals surface area contributed by atoms with E-state index in [1.807, 2.05) is 61.5 Å². The molecule has 0 spiro atoms. The summed E-state index contributed by atoms with van der Waals surface area (Å²) in [6, 6.07) is 18.5. The molecule has 4 rings (SSSR count). The van der Waals surface area contributed by atoms with E-state index in [-0.39, 0.29) is 34.1 Å². The van der Waals surface area contributed by atoms with Gasteiger partial charge in [-0.15, -0.1) is 0 Å². The molecule has 1 aliphatic rings. The van der Waals surface area contributed by atoms with Crippen LogP contribution in [0.5, 0.6) is 0 Å². The summed E-state index contributed by atoms with van der Waals surface area (Å²) in [5.41, 5.74) is 2.88.